The van der Waals surface area contributed by atoms with Crippen LogP contribution in [0.5, 0.6) is 0 Å². The molecule has 0 spiro atoms. The molecule has 1 N–H and O–H groups in total. The molecule has 0 heterocycles. The van der Waals surface area contributed by atoms with Crippen molar-refractivity contribution in [1.82, 2.24) is 0 Å². The van der Waals surface area contributed by atoms with Crippen molar-refractivity contribution >= 4 is 0 Å². The van der Waals surface area contributed by atoms with E-state index in [0.29, 0.717) is 0 Å². The van der Waals surface area contributed by atoms with Gasteiger partial charge in [-0.3, -0.25) is 0 Å². The molecule has 0 saturated carbocycles. The minimum atomic E-state index is -1.18. The molecule has 0 unspecified atom stereocenters. The third kappa shape index (κ3) is 2.54. The number of hydrogen-bond donors (Lipinski definition) is 1. The molecule has 0 bridgehead atoms. The molecule has 22 heavy (non-hydrogen) atoms. The average molecular weight is 292 g/mol. The van der Waals surface area contributed by atoms with E-state index in [0.717, 1.165) is 39.7 Å². The summed E-state index contributed by atoms with van der Waals surface area (Å²) in [6.45, 7) is 0.965. The summed E-state index contributed by atoms with van der Waals surface area (Å²) in [5.41, 5.74) is 2.78. The summed E-state index contributed by atoms with van der Waals surface area (Å²) in [5, 5.41) is 11.2. The van der Waals surface area contributed by atoms with Crippen molar-refractivity contribution in [3.63, 3.8) is 0 Å². The minimum absolute atomic E-state index is 0.774. The number of rotatable bonds is 2. The first-order chi connectivity index (χ1) is 10.4. The van der Waals surface area contributed by atoms with Gasteiger partial charge in [0.25, 0.3) is 0 Å². The fourth-order valence-corrected chi connectivity index (χ4v) is 2.93. The van der Waals surface area contributed by atoms with E-state index in [9.17, 15) is 5.11 Å². The monoisotopic (exact) mass is 292 g/mol. The van der Waals surface area contributed by atoms with Crippen molar-refractivity contribution in [3.05, 3.63) is 59.7 Å². The van der Waals surface area contributed by atoms with Crippen LogP contribution >= 0.6 is 0 Å². The Morgan fingerprint density at radius 2 is 1.41 bits per heavy atom. The summed E-state index contributed by atoms with van der Waals surface area (Å²) in [7, 11) is 6.45. The second kappa shape index (κ2) is 5.28. The van der Waals surface area contributed by atoms with E-state index < -0.39 is 5.60 Å². The van der Waals surface area contributed by atoms with Crippen LogP contribution in [0.2, 0.25) is 0 Å². The van der Waals surface area contributed by atoms with Crippen LogP contribution in [0.3, 0.4) is 0 Å². The maximum absolute atomic E-state index is 11.2. The van der Waals surface area contributed by atoms with Crippen molar-refractivity contribution in [2.75, 3.05) is 27.7 Å². The number of hydrogen-bond acceptors (Lipinski definition) is 1. The second-order valence-corrected chi connectivity index (χ2v) is 6.87. The number of aliphatic hydroxyl groups is 1. The maximum Gasteiger partial charge on any atom is 0.178 e. The van der Waals surface area contributed by atoms with Crippen LogP contribution < -0.4 is 0 Å². The van der Waals surface area contributed by atoms with Crippen molar-refractivity contribution in [1.29, 1.82) is 0 Å². The normalized spacial score (nSPS) is 14.7. The average Bonchev–Trinajstić information content (AvgIpc) is 2.74. The highest BCUT2D eigenvalue weighted by Gasteiger charge is 2.39. The van der Waals surface area contributed by atoms with E-state index in [4.69, 9.17) is 0 Å². The van der Waals surface area contributed by atoms with Crippen molar-refractivity contribution in [3.8, 4) is 23.0 Å². The van der Waals surface area contributed by atoms with Crippen LogP contribution in [0.15, 0.2) is 48.5 Å². The molecule has 112 valence electrons. The Hall–Kier alpha value is -2.08. The lowest BCUT2D eigenvalue weighted by Crippen LogP contribution is -2.35. The first kappa shape index (κ1) is 14.8. The van der Waals surface area contributed by atoms with Gasteiger partial charge in [0.2, 0.25) is 0 Å². The van der Waals surface area contributed by atoms with Crippen LogP contribution in [0.25, 0.3) is 11.1 Å². The molecule has 3 rings (SSSR count). The maximum atomic E-state index is 11.2. The summed E-state index contributed by atoms with van der Waals surface area (Å²) >= 11 is 0. The topological polar surface area (TPSA) is 20.2 Å². The van der Waals surface area contributed by atoms with Gasteiger partial charge in [-0.2, -0.15) is 0 Å². The SMILES string of the molecule is C[N+](C)(C)CCC#CC1(O)c2ccccc2-c2ccccc21. The van der Waals surface area contributed by atoms with E-state index in [2.05, 4.69) is 45.1 Å². The Balaban J connectivity index is 2.01. The number of fused-ring (bicyclic) bond motifs is 3. The van der Waals surface area contributed by atoms with Gasteiger partial charge in [-0.25, -0.2) is 0 Å². The molecule has 2 nitrogen and oxygen atoms in total. The molecular weight excluding hydrogens is 270 g/mol. The number of nitrogens with zero attached hydrogens (tertiary/aromatic N) is 1. The smallest absolute Gasteiger partial charge is 0.178 e. The van der Waals surface area contributed by atoms with Crippen LogP contribution in [0, 0.1) is 11.8 Å². The number of benzene rings is 2. The van der Waals surface area contributed by atoms with E-state index in [1.165, 1.54) is 0 Å². The van der Waals surface area contributed by atoms with E-state index in [-0.39, 0.29) is 0 Å². The quantitative estimate of drug-likeness (QED) is 0.666. The highest BCUT2D eigenvalue weighted by molar-refractivity contribution is 5.81. The lowest BCUT2D eigenvalue weighted by Gasteiger charge is -2.22. The molecule has 0 aromatic heterocycles. The molecule has 0 atom stereocenters. The molecule has 2 aromatic carbocycles. The Kier molecular flexibility index (Phi) is 3.56. The third-order valence-corrected chi connectivity index (χ3v) is 4.10. The van der Waals surface area contributed by atoms with Gasteiger partial charge < -0.3 is 9.59 Å². The molecule has 2 aromatic rings. The minimum Gasteiger partial charge on any atom is -0.369 e. The molecule has 0 saturated heterocycles. The van der Waals surface area contributed by atoms with Gasteiger partial charge >= 0.3 is 0 Å². The van der Waals surface area contributed by atoms with Crippen molar-refractivity contribution in [2.24, 2.45) is 0 Å². The molecule has 1 aliphatic carbocycles. The molecule has 2 heteroatoms. The van der Waals surface area contributed by atoms with Crippen LogP contribution in [-0.2, 0) is 5.60 Å². The molecule has 0 aliphatic heterocycles. The third-order valence-electron chi connectivity index (χ3n) is 4.10. The summed E-state index contributed by atoms with van der Waals surface area (Å²) in [6.07, 6.45) is 0.774. The predicted molar refractivity (Wildman–Crippen MR) is 90.2 cm³/mol. The molecule has 0 fully saturated rings. The van der Waals surface area contributed by atoms with Crippen molar-refractivity contribution in [2.45, 2.75) is 12.0 Å². The molecule has 0 amide bonds. The summed E-state index contributed by atoms with van der Waals surface area (Å²) in [5.74, 6) is 6.33. The zero-order valence-electron chi connectivity index (χ0n) is 13.4. The molecule has 0 radical (unpaired) electrons. The molecular formula is C20H22NO+. The van der Waals surface area contributed by atoms with Gasteiger partial charge in [-0.05, 0) is 11.1 Å². The molecule has 1 aliphatic rings. The zero-order valence-corrected chi connectivity index (χ0v) is 13.4. The predicted octanol–water partition coefficient (Wildman–Crippen LogP) is 3.00. The van der Waals surface area contributed by atoms with Crippen LogP contribution in [-0.4, -0.2) is 37.3 Å². The van der Waals surface area contributed by atoms with Crippen LogP contribution in [0.4, 0.5) is 0 Å². The highest BCUT2D eigenvalue weighted by atomic mass is 16.3. The number of quaternary nitrogens is 1. The van der Waals surface area contributed by atoms with E-state index >= 15 is 0 Å². The Labute approximate surface area is 132 Å². The zero-order chi connectivity index (χ0) is 15.8. The van der Waals surface area contributed by atoms with Crippen molar-refractivity contribution < 1.29 is 9.59 Å². The van der Waals surface area contributed by atoms with Crippen LogP contribution in [0.1, 0.15) is 17.5 Å². The van der Waals surface area contributed by atoms with Gasteiger partial charge in [-0.15, -0.1) is 0 Å². The largest absolute Gasteiger partial charge is 0.369 e. The second-order valence-electron chi connectivity index (χ2n) is 6.87. The highest BCUT2D eigenvalue weighted by Crippen LogP contribution is 2.46. The first-order valence-corrected chi connectivity index (χ1v) is 7.64. The standard InChI is InChI=1S/C20H22NO/c1-21(2,3)15-9-8-14-20(22)18-12-6-4-10-16(18)17-11-5-7-13-19(17)20/h4-7,10-13,22H,9,15H2,1-3H3/q+1. The van der Waals surface area contributed by atoms with Gasteiger partial charge in [0.05, 0.1) is 34.1 Å². The fraction of sp³-hybridized carbons (Fsp3) is 0.300. The van der Waals surface area contributed by atoms with E-state index in [1.54, 1.807) is 0 Å². The van der Waals surface area contributed by atoms with Gasteiger partial charge in [0.15, 0.2) is 5.60 Å². The van der Waals surface area contributed by atoms with Gasteiger partial charge in [-0.1, -0.05) is 60.4 Å². The Morgan fingerprint density at radius 3 is 1.91 bits per heavy atom. The summed E-state index contributed by atoms with van der Waals surface area (Å²) in [4.78, 5) is 0. The summed E-state index contributed by atoms with van der Waals surface area (Å²) in [6, 6.07) is 16.0. The van der Waals surface area contributed by atoms with Gasteiger partial charge in [0.1, 0.15) is 0 Å². The lowest BCUT2D eigenvalue weighted by atomic mass is 9.92. The first-order valence-electron chi connectivity index (χ1n) is 7.64. The van der Waals surface area contributed by atoms with E-state index in [1.807, 2.05) is 36.4 Å². The Morgan fingerprint density at radius 1 is 0.909 bits per heavy atom. The Bertz CT molecular complexity index is 714. The summed E-state index contributed by atoms with van der Waals surface area (Å²) < 4.78 is 0.875. The lowest BCUT2D eigenvalue weighted by molar-refractivity contribution is -0.869. The fourth-order valence-electron chi connectivity index (χ4n) is 2.93. The van der Waals surface area contributed by atoms with Gasteiger partial charge in [0, 0.05) is 11.1 Å².